The average molecular weight is 392 g/mol. The predicted molar refractivity (Wildman–Crippen MR) is 113 cm³/mol. The standard InChI is InChI=1S/C20H18BFN4OS/c1-27-28-14-8-6-13(7-9-14)11-23-19-10-18(15-4-2-3-5-17(15)22)25-20-16(21)12-24-26(19)20/h2-10,12,23H,11,21H2,1H3. The van der Waals surface area contributed by atoms with Crippen molar-refractivity contribution in [3.63, 3.8) is 0 Å². The maximum Gasteiger partial charge on any atom is 0.151 e. The van der Waals surface area contributed by atoms with Gasteiger partial charge in [0.05, 0.1) is 12.8 Å². The summed E-state index contributed by atoms with van der Waals surface area (Å²) in [7, 11) is 3.59. The molecule has 0 amide bonds. The number of rotatable bonds is 6. The second-order valence-electron chi connectivity index (χ2n) is 6.32. The van der Waals surface area contributed by atoms with Crippen molar-refractivity contribution in [2.24, 2.45) is 0 Å². The summed E-state index contributed by atoms with van der Waals surface area (Å²) in [4.78, 5) is 5.66. The van der Waals surface area contributed by atoms with E-state index in [0.717, 1.165) is 21.7 Å². The third-order valence-electron chi connectivity index (χ3n) is 4.37. The summed E-state index contributed by atoms with van der Waals surface area (Å²) in [5.74, 6) is 0.459. The fraction of sp³-hybridized carbons (Fsp3) is 0.100. The van der Waals surface area contributed by atoms with Gasteiger partial charge >= 0.3 is 0 Å². The number of aromatic nitrogens is 3. The molecule has 2 aromatic carbocycles. The van der Waals surface area contributed by atoms with Crippen LogP contribution in [0.4, 0.5) is 10.2 Å². The molecular formula is C20H18BFN4OS. The van der Waals surface area contributed by atoms with Gasteiger partial charge in [0.15, 0.2) is 5.65 Å². The zero-order valence-corrected chi connectivity index (χ0v) is 16.3. The van der Waals surface area contributed by atoms with Crippen molar-refractivity contribution in [2.75, 3.05) is 12.4 Å². The van der Waals surface area contributed by atoms with E-state index in [4.69, 9.17) is 4.18 Å². The molecule has 0 aliphatic rings. The number of hydrogen-bond acceptors (Lipinski definition) is 5. The number of benzene rings is 2. The SMILES string of the molecule is Bc1cnn2c(NCc3ccc(SOC)cc3)cc(-c3ccccc3F)nc12. The molecule has 4 aromatic rings. The van der Waals surface area contributed by atoms with Crippen LogP contribution in [-0.4, -0.2) is 29.6 Å². The van der Waals surface area contributed by atoms with Gasteiger partial charge in [0.25, 0.3) is 0 Å². The van der Waals surface area contributed by atoms with Crippen molar-refractivity contribution in [1.82, 2.24) is 14.6 Å². The third-order valence-corrected chi connectivity index (χ3v) is 5.01. The lowest BCUT2D eigenvalue weighted by atomic mass is 10.0. The Bertz CT molecular complexity index is 1120. The van der Waals surface area contributed by atoms with Crippen molar-refractivity contribution in [2.45, 2.75) is 11.4 Å². The lowest BCUT2D eigenvalue weighted by molar-refractivity contribution is 0.490. The monoisotopic (exact) mass is 392 g/mol. The van der Waals surface area contributed by atoms with Gasteiger partial charge in [-0.2, -0.15) is 9.61 Å². The Kier molecular flexibility index (Phi) is 5.32. The van der Waals surface area contributed by atoms with E-state index < -0.39 is 0 Å². The van der Waals surface area contributed by atoms with Gasteiger partial charge in [0, 0.05) is 41.3 Å². The highest BCUT2D eigenvalue weighted by Gasteiger charge is 2.13. The summed E-state index contributed by atoms with van der Waals surface area (Å²) in [6.07, 6.45) is 1.76. The first-order valence-electron chi connectivity index (χ1n) is 8.79. The molecule has 8 heteroatoms. The first kappa shape index (κ1) is 18.5. The van der Waals surface area contributed by atoms with E-state index in [2.05, 4.69) is 15.4 Å². The molecule has 2 aromatic heterocycles. The maximum atomic E-state index is 14.3. The Hall–Kier alpha value is -2.84. The quantitative estimate of drug-likeness (QED) is 0.404. The lowest BCUT2D eigenvalue weighted by Crippen LogP contribution is -2.09. The summed E-state index contributed by atoms with van der Waals surface area (Å²) < 4.78 is 21.1. The Morgan fingerprint density at radius 3 is 2.71 bits per heavy atom. The van der Waals surface area contributed by atoms with Crippen LogP contribution in [0.5, 0.6) is 0 Å². The predicted octanol–water partition coefficient (Wildman–Crippen LogP) is 3.06. The highest BCUT2D eigenvalue weighted by molar-refractivity contribution is 7.94. The van der Waals surface area contributed by atoms with Gasteiger partial charge in [0.2, 0.25) is 0 Å². The van der Waals surface area contributed by atoms with Crippen molar-refractivity contribution in [3.8, 4) is 11.3 Å². The number of fused-ring (bicyclic) bond motifs is 1. The van der Waals surface area contributed by atoms with Gasteiger partial charge in [-0.05, 0) is 35.3 Å². The number of hydrogen-bond donors (Lipinski definition) is 1. The first-order chi connectivity index (χ1) is 13.7. The van der Waals surface area contributed by atoms with E-state index in [-0.39, 0.29) is 5.82 Å². The van der Waals surface area contributed by atoms with E-state index in [1.165, 1.54) is 18.1 Å². The summed E-state index contributed by atoms with van der Waals surface area (Å²) in [5.41, 5.74) is 3.79. The minimum Gasteiger partial charge on any atom is -0.366 e. The second kappa shape index (κ2) is 8.04. The van der Waals surface area contributed by atoms with Crippen LogP contribution in [0.1, 0.15) is 5.56 Å². The van der Waals surface area contributed by atoms with Crippen LogP contribution in [0.15, 0.2) is 65.7 Å². The Morgan fingerprint density at radius 2 is 1.96 bits per heavy atom. The molecule has 0 aliphatic carbocycles. The molecule has 4 rings (SSSR count). The van der Waals surface area contributed by atoms with Crippen LogP contribution in [0, 0.1) is 5.82 Å². The van der Waals surface area contributed by atoms with Crippen molar-refractivity contribution < 1.29 is 8.57 Å². The van der Waals surface area contributed by atoms with Gasteiger partial charge in [-0.3, -0.25) is 0 Å². The molecule has 0 radical (unpaired) electrons. The Labute approximate surface area is 167 Å². The van der Waals surface area contributed by atoms with Gasteiger partial charge in [-0.25, -0.2) is 9.37 Å². The van der Waals surface area contributed by atoms with Crippen LogP contribution in [0.3, 0.4) is 0 Å². The minimum atomic E-state index is -0.297. The highest BCUT2D eigenvalue weighted by Crippen LogP contribution is 2.25. The number of nitrogens with one attached hydrogen (secondary N) is 1. The molecule has 0 aliphatic heterocycles. The Balaban J connectivity index is 1.67. The minimum absolute atomic E-state index is 0.297. The lowest BCUT2D eigenvalue weighted by Gasteiger charge is -2.12. The molecule has 5 nitrogen and oxygen atoms in total. The molecule has 140 valence electrons. The average Bonchev–Trinajstić information content (AvgIpc) is 3.09. The molecular weight excluding hydrogens is 374 g/mol. The van der Waals surface area contributed by atoms with Gasteiger partial charge in [-0.1, -0.05) is 24.3 Å². The van der Waals surface area contributed by atoms with Gasteiger partial charge in [0.1, 0.15) is 19.5 Å². The summed E-state index contributed by atoms with van der Waals surface area (Å²) in [6.45, 7) is 0.604. The molecule has 0 bridgehead atoms. The molecule has 0 atom stereocenters. The molecule has 2 heterocycles. The van der Waals surface area contributed by atoms with E-state index in [1.807, 2.05) is 38.2 Å². The van der Waals surface area contributed by atoms with E-state index in [0.29, 0.717) is 23.4 Å². The topological polar surface area (TPSA) is 51.5 Å². The number of halogens is 1. The fourth-order valence-corrected chi connectivity index (χ4v) is 3.40. The van der Waals surface area contributed by atoms with E-state index in [1.54, 1.807) is 36.0 Å². The van der Waals surface area contributed by atoms with Gasteiger partial charge < -0.3 is 9.50 Å². The largest absolute Gasteiger partial charge is 0.366 e. The molecule has 28 heavy (non-hydrogen) atoms. The van der Waals surface area contributed by atoms with Crippen LogP contribution in [-0.2, 0) is 10.7 Å². The van der Waals surface area contributed by atoms with E-state index in [9.17, 15) is 4.39 Å². The molecule has 0 spiro atoms. The fourth-order valence-electron chi connectivity index (χ4n) is 2.96. The second-order valence-corrected chi connectivity index (χ2v) is 7.29. The van der Waals surface area contributed by atoms with Gasteiger partial charge in [-0.15, -0.1) is 0 Å². The Morgan fingerprint density at radius 1 is 1.18 bits per heavy atom. The van der Waals surface area contributed by atoms with E-state index >= 15 is 0 Å². The smallest absolute Gasteiger partial charge is 0.151 e. The molecule has 0 saturated carbocycles. The number of anilines is 1. The molecule has 0 unspecified atom stereocenters. The normalized spacial score (nSPS) is 11.1. The zero-order chi connectivity index (χ0) is 19.5. The summed E-state index contributed by atoms with van der Waals surface area (Å²) in [6, 6.07) is 16.6. The van der Waals surface area contributed by atoms with Crippen LogP contribution < -0.4 is 10.8 Å². The van der Waals surface area contributed by atoms with Crippen LogP contribution in [0.2, 0.25) is 0 Å². The maximum absolute atomic E-state index is 14.3. The third kappa shape index (κ3) is 3.74. The van der Waals surface area contributed by atoms with Crippen molar-refractivity contribution in [1.29, 1.82) is 0 Å². The zero-order valence-electron chi connectivity index (χ0n) is 15.5. The molecule has 1 N–H and O–H groups in total. The van der Waals surface area contributed by atoms with Crippen molar-refractivity contribution >= 4 is 36.8 Å². The van der Waals surface area contributed by atoms with Crippen molar-refractivity contribution in [3.05, 3.63) is 72.2 Å². The van der Waals surface area contributed by atoms with Crippen LogP contribution >= 0.6 is 12.0 Å². The highest BCUT2D eigenvalue weighted by atomic mass is 32.2. The van der Waals surface area contributed by atoms with Crippen LogP contribution in [0.25, 0.3) is 16.9 Å². The first-order valence-corrected chi connectivity index (χ1v) is 9.53. The summed E-state index contributed by atoms with van der Waals surface area (Å²) >= 11 is 1.33. The summed E-state index contributed by atoms with van der Waals surface area (Å²) in [5, 5.41) is 7.80. The number of nitrogens with zero attached hydrogens (tertiary/aromatic N) is 3. The molecule has 0 fully saturated rings. The molecule has 0 saturated heterocycles.